The highest BCUT2D eigenvalue weighted by Crippen LogP contribution is 2.12. The van der Waals surface area contributed by atoms with Crippen molar-refractivity contribution >= 4 is 15.9 Å². The van der Waals surface area contributed by atoms with Crippen molar-refractivity contribution in [2.24, 2.45) is 0 Å². The Morgan fingerprint density at radius 2 is 1.00 bits per heavy atom. The molecule has 0 N–H and O–H groups in total. The molecular formula is C18H39Br2N. The minimum absolute atomic E-state index is 0. The van der Waals surface area contributed by atoms with Gasteiger partial charge in [0, 0.05) is 11.8 Å². The van der Waals surface area contributed by atoms with Gasteiger partial charge in [-0.15, -0.1) is 0 Å². The number of rotatable bonds is 15. The molecule has 0 aromatic heterocycles. The summed E-state index contributed by atoms with van der Waals surface area (Å²) in [7, 11) is 4.75. The van der Waals surface area contributed by atoms with Gasteiger partial charge in [0.05, 0.1) is 27.2 Å². The first-order chi connectivity index (χ1) is 9.62. The average Bonchev–Trinajstić information content (AvgIpc) is 2.42. The van der Waals surface area contributed by atoms with E-state index in [1.54, 1.807) is 0 Å². The van der Waals surface area contributed by atoms with E-state index in [1.165, 1.54) is 94.6 Å². The SMILES string of the molecule is CCCCCCCCCCCCC[N+](C)(C)CCCBr.[Br-]. The van der Waals surface area contributed by atoms with Gasteiger partial charge in [0.15, 0.2) is 0 Å². The smallest absolute Gasteiger partial charge is 0.0790 e. The van der Waals surface area contributed by atoms with Gasteiger partial charge in [-0.1, -0.05) is 80.6 Å². The van der Waals surface area contributed by atoms with E-state index in [1.807, 2.05) is 0 Å². The Morgan fingerprint density at radius 3 is 1.43 bits per heavy atom. The van der Waals surface area contributed by atoms with Crippen LogP contribution in [0.15, 0.2) is 0 Å². The number of quaternary nitrogens is 1. The summed E-state index contributed by atoms with van der Waals surface area (Å²) in [5.74, 6) is 0. The number of hydrogen-bond donors (Lipinski definition) is 0. The van der Waals surface area contributed by atoms with Crippen molar-refractivity contribution in [2.45, 2.75) is 84.0 Å². The fourth-order valence-corrected chi connectivity index (χ4v) is 3.05. The van der Waals surface area contributed by atoms with Crippen LogP contribution in [-0.2, 0) is 0 Å². The van der Waals surface area contributed by atoms with Gasteiger partial charge >= 0.3 is 0 Å². The van der Waals surface area contributed by atoms with Crippen molar-refractivity contribution in [3.8, 4) is 0 Å². The molecule has 0 aliphatic heterocycles. The predicted octanol–water partition coefficient (Wildman–Crippen LogP) is 3.16. The van der Waals surface area contributed by atoms with Crippen LogP contribution in [0.3, 0.4) is 0 Å². The van der Waals surface area contributed by atoms with Crippen LogP contribution in [0.25, 0.3) is 0 Å². The fraction of sp³-hybridized carbons (Fsp3) is 1.00. The largest absolute Gasteiger partial charge is 1.00 e. The molecule has 0 atom stereocenters. The highest BCUT2D eigenvalue weighted by Gasteiger charge is 2.12. The average molecular weight is 429 g/mol. The van der Waals surface area contributed by atoms with Crippen LogP contribution in [-0.4, -0.2) is 37.0 Å². The third kappa shape index (κ3) is 18.9. The molecule has 0 rings (SSSR count). The molecule has 0 aliphatic carbocycles. The van der Waals surface area contributed by atoms with Gasteiger partial charge in [-0.2, -0.15) is 0 Å². The van der Waals surface area contributed by atoms with Gasteiger partial charge in [0.2, 0.25) is 0 Å². The Balaban J connectivity index is 0. The minimum atomic E-state index is 0. The van der Waals surface area contributed by atoms with E-state index in [0.29, 0.717) is 0 Å². The molecule has 21 heavy (non-hydrogen) atoms. The van der Waals surface area contributed by atoms with Gasteiger partial charge in [-0.05, 0) is 12.8 Å². The van der Waals surface area contributed by atoms with Crippen molar-refractivity contribution in [1.82, 2.24) is 0 Å². The number of hydrogen-bond acceptors (Lipinski definition) is 0. The second-order valence-electron chi connectivity index (χ2n) is 6.96. The van der Waals surface area contributed by atoms with Crippen LogP contribution in [0.4, 0.5) is 0 Å². The molecule has 0 amide bonds. The third-order valence-corrected chi connectivity index (χ3v) is 4.82. The Bertz CT molecular complexity index is 196. The Hall–Kier alpha value is 0.920. The maximum atomic E-state index is 3.53. The number of nitrogens with zero attached hydrogens (tertiary/aromatic N) is 1. The third-order valence-electron chi connectivity index (χ3n) is 4.26. The highest BCUT2D eigenvalue weighted by atomic mass is 79.9. The van der Waals surface area contributed by atoms with Crippen molar-refractivity contribution in [3.05, 3.63) is 0 Å². The summed E-state index contributed by atoms with van der Waals surface area (Å²) in [6.07, 6.45) is 17.2. The zero-order chi connectivity index (χ0) is 15.1. The lowest BCUT2D eigenvalue weighted by molar-refractivity contribution is -0.890. The molecule has 0 heterocycles. The summed E-state index contributed by atoms with van der Waals surface area (Å²) < 4.78 is 1.20. The minimum Gasteiger partial charge on any atom is -1.00 e. The van der Waals surface area contributed by atoms with Crippen LogP contribution < -0.4 is 17.0 Å². The summed E-state index contributed by atoms with van der Waals surface area (Å²) in [5.41, 5.74) is 0. The molecule has 3 heteroatoms. The summed E-state index contributed by atoms with van der Waals surface area (Å²) in [5, 5.41) is 1.15. The van der Waals surface area contributed by atoms with Crippen molar-refractivity contribution in [3.63, 3.8) is 0 Å². The van der Waals surface area contributed by atoms with Gasteiger partial charge in [0.25, 0.3) is 0 Å². The fourth-order valence-electron chi connectivity index (χ4n) is 2.80. The van der Waals surface area contributed by atoms with Crippen LogP contribution in [0.1, 0.15) is 84.0 Å². The molecule has 130 valence electrons. The summed E-state index contributed by atoms with van der Waals surface area (Å²) in [6.45, 7) is 4.95. The van der Waals surface area contributed by atoms with E-state index < -0.39 is 0 Å². The van der Waals surface area contributed by atoms with E-state index in [2.05, 4.69) is 36.9 Å². The zero-order valence-electron chi connectivity index (χ0n) is 14.8. The van der Waals surface area contributed by atoms with Crippen molar-refractivity contribution < 1.29 is 21.5 Å². The molecular weight excluding hydrogens is 390 g/mol. The quantitative estimate of drug-likeness (QED) is 0.213. The summed E-state index contributed by atoms with van der Waals surface area (Å²) in [4.78, 5) is 0. The topological polar surface area (TPSA) is 0 Å². The summed E-state index contributed by atoms with van der Waals surface area (Å²) >= 11 is 3.53. The van der Waals surface area contributed by atoms with Crippen molar-refractivity contribution in [1.29, 1.82) is 0 Å². The number of unbranched alkanes of at least 4 members (excludes halogenated alkanes) is 10. The molecule has 0 aliphatic rings. The first-order valence-corrected chi connectivity index (χ1v) is 10.1. The molecule has 0 saturated carbocycles. The lowest BCUT2D eigenvalue weighted by atomic mass is 10.1. The lowest BCUT2D eigenvalue weighted by Gasteiger charge is -2.29. The molecule has 0 unspecified atom stereocenters. The molecule has 0 bridgehead atoms. The highest BCUT2D eigenvalue weighted by molar-refractivity contribution is 9.09. The second-order valence-corrected chi connectivity index (χ2v) is 7.75. The van der Waals surface area contributed by atoms with E-state index in [-0.39, 0.29) is 17.0 Å². The molecule has 0 spiro atoms. The Kier molecular flexibility index (Phi) is 19.9. The number of halogens is 2. The van der Waals surface area contributed by atoms with Crippen LogP contribution in [0, 0.1) is 0 Å². The summed E-state index contributed by atoms with van der Waals surface area (Å²) in [6, 6.07) is 0. The maximum absolute atomic E-state index is 3.53. The van der Waals surface area contributed by atoms with Crippen LogP contribution in [0.2, 0.25) is 0 Å². The second kappa shape index (κ2) is 17.3. The number of alkyl halides is 1. The van der Waals surface area contributed by atoms with Gasteiger partial charge in [-0.3, -0.25) is 0 Å². The molecule has 0 saturated heterocycles. The van der Waals surface area contributed by atoms with Gasteiger partial charge in [0.1, 0.15) is 0 Å². The van der Waals surface area contributed by atoms with E-state index in [0.717, 1.165) is 5.33 Å². The monoisotopic (exact) mass is 427 g/mol. The van der Waals surface area contributed by atoms with Crippen LogP contribution in [0.5, 0.6) is 0 Å². The van der Waals surface area contributed by atoms with Gasteiger partial charge < -0.3 is 21.5 Å². The van der Waals surface area contributed by atoms with Gasteiger partial charge in [-0.25, -0.2) is 0 Å². The van der Waals surface area contributed by atoms with E-state index in [9.17, 15) is 0 Å². The molecule has 0 aromatic carbocycles. The molecule has 0 radical (unpaired) electrons. The van der Waals surface area contributed by atoms with E-state index >= 15 is 0 Å². The molecule has 0 fully saturated rings. The molecule has 1 nitrogen and oxygen atoms in total. The lowest BCUT2D eigenvalue weighted by Crippen LogP contribution is -3.00. The Morgan fingerprint density at radius 1 is 0.619 bits per heavy atom. The Labute approximate surface area is 153 Å². The van der Waals surface area contributed by atoms with E-state index in [4.69, 9.17) is 0 Å². The first-order valence-electron chi connectivity index (χ1n) is 9.00. The predicted molar refractivity (Wildman–Crippen MR) is 96.7 cm³/mol. The van der Waals surface area contributed by atoms with Crippen LogP contribution >= 0.6 is 15.9 Å². The maximum Gasteiger partial charge on any atom is 0.0790 e. The standard InChI is InChI=1S/C18H39BrN.BrH/c1-4-5-6-7-8-9-10-11-12-13-14-17-20(2,3)18-15-16-19;/h4-18H2,1-3H3;1H/q+1;/p-1. The first kappa shape index (κ1) is 24.2. The zero-order valence-corrected chi connectivity index (χ0v) is 18.0. The molecule has 0 aromatic rings. The normalized spacial score (nSPS) is 11.4. The van der Waals surface area contributed by atoms with Crippen molar-refractivity contribution in [2.75, 3.05) is 32.5 Å².